The Kier molecular flexibility index (Phi) is 6.80. The summed E-state index contributed by atoms with van der Waals surface area (Å²) in [6.07, 6.45) is 3.60. The number of hydrogen-bond donors (Lipinski definition) is 1. The molecule has 4 aromatic heterocycles. The van der Waals surface area contributed by atoms with E-state index in [9.17, 15) is 20.0 Å². The van der Waals surface area contributed by atoms with Gasteiger partial charge in [-0.05, 0) is 37.6 Å². The minimum Gasteiger partial charge on any atom is -0.491 e. The highest BCUT2D eigenvalue weighted by atomic mass is 35.5. The van der Waals surface area contributed by atoms with Gasteiger partial charge < -0.3 is 9.84 Å². The lowest BCUT2D eigenvalue weighted by Gasteiger charge is -2.15. The molecule has 0 aliphatic heterocycles. The van der Waals surface area contributed by atoms with Crippen molar-refractivity contribution in [3.8, 4) is 22.9 Å². The van der Waals surface area contributed by atoms with Crippen LogP contribution in [-0.2, 0) is 13.0 Å². The van der Waals surface area contributed by atoms with E-state index in [1.54, 1.807) is 42.8 Å². The number of nitriles is 1. The molecule has 0 saturated heterocycles. The molecule has 0 amide bonds. The van der Waals surface area contributed by atoms with Crippen LogP contribution in [0.4, 0.5) is 0 Å². The number of fused-ring (bicyclic) bond motifs is 2. The summed E-state index contributed by atoms with van der Waals surface area (Å²) in [6, 6.07) is 9.08. The molecule has 1 N–H and O–H groups in total. The topological polar surface area (TPSA) is 131 Å². The van der Waals surface area contributed by atoms with Crippen LogP contribution >= 0.6 is 22.9 Å². The van der Waals surface area contributed by atoms with E-state index < -0.39 is 5.97 Å². The summed E-state index contributed by atoms with van der Waals surface area (Å²) in [5, 5.41) is 21.5. The molecule has 190 valence electrons. The maximum absolute atomic E-state index is 13.4. The zero-order valence-electron chi connectivity index (χ0n) is 20.4. The highest BCUT2D eigenvalue weighted by Crippen LogP contribution is 2.39. The van der Waals surface area contributed by atoms with E-state index in [0.29, 0.717) is 50.0 Å². The van der Waals surface area contributed by atoms with E-state index in [2.05, 4.69) is 21.0 Å². The molecular weight excluding hydrogens is 526 g/mol. The van der Waals surface area contributed by atoms with Gasteiger partial charge in [0, 0.05) is 27.7 Å². The zero-order valence-corrected chi connectivity index (χ0v) is 21.9. The number of carbonyl (C=O) groups is 1. The van der Waals surface area contributed by atoms with Gasteiger partial charge in [-0.3, -0.25) is 19.3 Å². The molecule has 0 saturated carbocycles. The molecule has 0 spiro atoms. The van der Waals surface area contributed by atoms with Crippen molar-refractivity contribution in [1.82, 2.24) is 19.5 Å². The van der Waals surface area contributed by atoms with Gasteiger partial charge in [-0.15, -0.1) is 11.3 Å². The van der Waals surface area contributed by atoms with Gasteiger partial charge in [0.25, 0.3) is 5.56 Å². The second-order valence-electron chi connectivity index (χ2n) is 8.40. The number of halogens is 1. The molecule has 5 aromatic rings. The molecule has 38 heavy (non-hydrogen) atoms. The highest BCUT2D eigenvalue weighted by molar-refractivity contribution is 7.18. The first-order valence-corrected chi connectivity index (χ1v) is 12.9. The number of benzene rings is 1. The summed E-state index contributed by atoms with van der Waals surface area (Å²) in [6.45, 7) is 3.92. The number of rotatable bonds is 7. The number of aromatic carboxylic acids is 1. The molecule has 0 fully saturated rings. The molecule has 1 aromatic carbocycles. The Labute approximate surface area is 225 Å². The largest absolute Gasteiger partial charge is 0.491 e. The molecule has 0 aliphatic carbocycles. The van der Waals surface area contributed by atoms with Crippen molar-refractivity contribution in [1.29, 1.82) is 5.26 Å². The lowest BCUT2D eigenvalue weighted by Crippen LogP contribution is -2.27. The van der Waals surface area contributed by atoms with Crippen LogP contribution in [0.15, 0.2) is 46.8 Å². The third kappa shape index (κ3) is 4.36. The smallest absolute Gasteiger partial charge is 0.338 e. The Morgan fingerprint density at radius 3 is 2.82 bits per heavy atom. The van der Waals surface area contributed by atoms with Crippen molar-refractivity contribution >= 4 is 50.0 Å². The molecular formula is C27H20ClN5O4S. The van der Waals surface area contributed by atoms with E-state index in [1.807, 2.05) is 6.92 Å². The van der Waals surface area contributed by atoms with Gasteiger partial charge in [-0.2, -0.15) is 5.26 Å². The van der Waals surface area contributed by atoms with Crippen LogP contribution in [0.5, 0.6) is 5.75 Å². The van der Waals surface area contributed by atoms with Gasteiger partial charge in [0.05, 0.1) is 50.7 Å². The first-order chi connectivity index (χ1) is 18.3. The van der Waals surface area contributed by atoms with Gasteiger partial charge >= 0.3 is 5.97 Å². The van der Waals surface area contributed by atoms with Crippen LogP contribution in [0.1, 0.15) is 34.4 Å². The molecule has 0 bridgehead atoms. The van der Waals surface area contributed by atoms with E-state index in [0.717, 1.165) is 5.56 Å². The summed E-state index contributed by atoms with van der Waals surface area (Å²) in [5.41, 5.74) is 2.81. The fourth-order valence-corrected chi connectivity index (χ4v) is 5.59. The Balaban J connectivity index is 1.50. The molecule has 0 unspecified atom stereocenters. The standard InChI is InChI=1S/C27H20ClN5O4S/c1-3-20-18(11-29)23-21(12-31-20)32-14(2)33(26(23)34)8-9-37-22-5-4-15(28)10-17(22)16-6-7-30-24-19(27(35)36)13-38-25(16)24/h4-7,10,12-13H,3,8-9H2,1-2H3,(H,35,36). The fourth-order valence-electron chi connectivity index (χ4n) is 4.39. The second kappa shape index (κ2) is 10.2. The van der Waals surface area contributed by atoms with E-state index in [-0.39, 0.29) is 35.2 Å². The van der Waals surface area contributed by atoms with Crippen LogP contribution in [-0.4, -0.2) is 37.2 Å². The molecule has 11 heteroatoms. The van der Waals surface area contributed by atoms with Gasteiger partial charge in [0.1, 0.15) is 24.3 Å². The van der Waals surface area contributed by atoms with Crippen molar-refractivity contribution in [3.63, 3.8) is 0 Å². The maximum atomic E-state index is 13.4. The van der Waals surface area contributed by atoms with E-state index in [1.165, 1.54) is 22.1 Å². The molecule has 0 radical (unpaired) electrons. The first kappa shape index (κ1) is 25.3. The summed E-state index contributed by atoms with van der Waals surface area (Å²) >= 11 is 7.59. The fraction of sp³-hybridized carbons (Fsp3) is 0.185. The van der Waals surface area contributed by atoms with E-state index in [4.69, 9.17) is 16.3 Å². The average molecular weight is 546 g/mol. The van der Waals surface area contributed by atoms with Gasteiger partial charge in [-0.1, -0.05) is 18.5 Å². The van der Waals surface area contributed by atoms with Crippen LogP contribution in [0, 0.1) is 18.3 Å². The summed E-state index contributed by atoms with van der Waals surface area (Å²) in [4.78, 5) is 38.0. The predicted molar refractivity (Wildman–Crippen MR) is 145 cm³/mol. The van der Waals surface area contributed by atoms with Crippen molar-refractivity contribution in [3.05, 3.63) is 80.1 Å². The number of ether oxygens (including phenoxy) is 1. The van der Waals surface area contributed by atoms with Gasteiger partial charge in [-0.25, -0.2) is 9.78 Å². The average Bonchev–Trinajstić information content (AvgIpc) is 3.35. The van der Waals surface area contributed by atoms with Crippen molar-refractivity contribution < 1.29 is 14.6 Å². The van der Waals surface area contributed by atoms with E-state index >= 15 is 0 Å². The number of carboxylic acids is 1. The third-order valence-electron chi connectivity index (χ3n) is 6.20. The Morgan fingerprint density at radius 2 is 2.08 bits per heavy atom. The number of aromatic nitrogens is 4. The predicted octanol–water partition coefficient (Wildman–Crippen LogP) is 5.24. The molecule has 0 atom stereocenters. The molecule has 0 aliphatic rings. The van der Waals surface area contributed by atoms with Gasteiger partial charge in [0.15, 0.2) is 0 Å². The Bertz CT molecular complexity index is 1840. The Morgan fingerprint density at radius 1 is 1.26 bits per heavy atom. The van der Waals surface area contributed by atoms with Crippen LogP contribution in [0.25, 0.3) is 32.2 Å². The van der Waals surface area contributed by atoms with Crippen molar-refractivity contribution in [2.75, 3.05) is 6.61 Å². The van der Waals surface area contributed by atoms with Crippen LogP contribution < -0.4 is 10.3 Å². The molecule has 9 nitrogen and oxygen atoms in total. The number of aryl methyl sites for hydroxylation is 2. The third-order valence-corrected chi connectivity index (χ3v) is 7.44. The normalized spacial score (nSPS) is 11.1. The number of pyridine rings is 2. The quantitative estimate of drug-likeness (QED) is 0.293. The monoisotopic (exact) mass is 545 g/mol. The minimum absolute atomic E-state index is 0.133. The number of hydrogen-bond acceptors (Lipinski definition) is 8. The minimum atomic E-state index is -1.05. The van der Waals surface area contributed by atoms with Gasteiger partial charge in [0.2, 0.25) is 0 Å². The zero-order chi connectivity index (χ0) is 27.0. The first-order valence-electron chi connectivity index (χ1n) is 11.6. The maximum Gasteiger partial charge on any atom is 0.338 e. The summed E-state index contributed by atoms with van der Waals surface area (Å²) < 4.78 is 8.31. The summed E-state index contributed by atoms with van der Waals surface area (Å²) in [7, 11) is 0. The summed E-state index contributed by atoms with van der Waals surface area (Å²) in [5.74, 6) is -0.0514. The lowest BCUT2D eigenvalue weighted by atomic mass is 10.0. The molecule has 5 rings (SSSR count). The SMILES string of the molecule is CCc1ncc2nc(C)n(CCOc3ccc(Cl)cc3-c3ccnc4c(C(=O)O)csc34)c(=O)c2c1C#N. The number of nitrogens with zero attached hydrogens (tertiary/aromatic N) is 5. The van der Waals surface area contributed by atoms with Crippen LogP contribution in [0.3, 0.4) is 0 Å². The number of thiophene rings is 1. The van der Waals surface area contributed by atoms with Crippen molar-refractivity contribution in [2.45, 2.75) is 26.8 Å². The Hall–Kier alpha value is -4.33. The number of carboxylic acid groups (broad SMARTS) is 1. The molecule has 4 heterocycles. The second-order valence-corrected chi connectivity index (χ2v) is 9.72. The highest BCUT2D eigenvalue weighted by Gasteiger charge is 2.19. The van der Waals surface area contributed by atoms with Crippen LogP contribution in [0.2, 0.25) is 5.02 Å². The van der Waals surface area contributed by atoms with Crippen molar-refractivity contribution in [2.24, 2.45) is 0 Å². The lowest BCUT2D eigenvalue weighted by molar-refractivity contribution is 0.0699.